The second-order valence-electron chi connectivity index (χ2n) is 8.06. The van der Waals surface area contributed by atoms with Gasteiger partial charge in [-0.25, -0.2) is 8.42 Å². The summed E-state index contributed by atoms with van der Waals surface area (Å²) in [6, 6.07) is 10.3. The van der Waals surface area contributed by atoms with Crippen LogP contribution in [0.1, 0.15) is 25.3 Å². The number of fused-ring (bicyclic) bond motifs is 1. The van der Waals surface area contributed by atoms with Gasteiger partial charge in [-0.15, -0.1) is 0 Å². The lowest BCUT2D eigenvalue weighted by Gasteiger charge is -2.32. The summed E-state index contributed by atoms with van der Waals surface area (Å²) in [5.41, 5.74) is 1.61. The summed E-state index contributed by atoms with van der Waals surface area (Å²) < 4.78 is 34.7. The van der Waals surface area contributed by atoms with E-state index in [2.05, 4.69) is 26.6 Å². The number of aryl methyl sites for hydroxylation is 1. The highest BCUT2D eigenvalue weighted by atomic mass is 79.9. The zero-order chi connectivity index (χ0) is 23.0. The average molecular weight is 522 g/mol. The van der Waals surface area contributed by atoms with Gasteiger partial charge in [0.25, 0.3) is 5.91 Å². The molecule has 0 spiro atoms. The molecule has 2 aliphatic heterocycles. The largest absolute Gasteiger partial charge is 0.479 e. The molecule has 2 heterocycles. The average Bonchev–Trinajstić information content (AvgIpc) is 2.74. The van der Waals surface area contributed by atoms with Crippen LogP contribution >= 0.6 is 15.9 Å². The molecule has 2 aromatic carbocycles. The van der Waals surface area contributed by atoms with Gasteiger partial charge in [0.1, 0.15) is 5.75 Å². The first-order chi connectivity index (χ1) is 15.1. The van der Waals surface area contributed by atoms with E-state index < -0.39 is 22.0 Å². The number of nitrogens with one attached hydrogen (secondary N) is 2. The number of sulfonamides is 1. The van der Waals surface area contributed by atoms with Crippen LogP contribution in [0, 0.1) is 12.8 Å². The van der Waals surface area contributed by atoms with Gasteiger partial charge in [0.2, 0.25) is 15.9 Å². The lowest BCUT2D eigenvalue weighted by molar-refractivity contribution is -0.123. The van der Waals surface area contributed by atoms with Crippen LogP contribution in [0.4, 0.5) is 11.4 Å². The first-order valence-corrected chi connectivity index (χ1v) is 12.6. The number of carbonyl (C=O) groups excluding carboxylic acids is 2. The zero-order valence-corrected chi connectivity index (χ0v) is 20.1. The van der Waals surface area contributed by atoms with Crippen molar-refractivity contribution in [2.45, 2.75) is 37.7 Å². The lowest BCUT2D eigenvalue weighted by Crippen LogP contribution is -2.44. The van der Waals surface area contributed by atoms with Gasteiger partial charge in [-0.3, -0.25) is 9.59 Å². The summed E-state index contributed by atoms with van der Waals surface area (Å²) in [7, 11) is -3.85. The van der Waals surface area contributed by atoms with E-state index in [1.807, 2.05) is 12.1 Å². The number of rotatable bonds is 4. The molecule has 0 aliphatic carbocycles. The van der Waals surface area contributed by atoms with Gasteiger partial charge in [-0.05, 0) is 56.5 Å². The van der Waals surface area contributed by atoms with E-state index in [0.717, 1.165) is 4.47 Å². The van der Waals surface area contributed by atoms with Crippen molar-refractivity contribution in [1.82, 2.24) is 4.31 Å². The number of anilines is 2. The third-order valence-corrected chi connectivity index (χ3v) is 8.17. The van der Waals surface area contributed by atoms with E-state index >= 15 is 0 Å². The molecular weight excluding hydrogens is 498 g/mol. The zero-order valence-electron chi connectivity index (χ0n) is 17.7. The van der Waals surface area contributed by atoms with Crippen molar-refractivity contribution in [3.63, 3.8) is 0 Å². The minimum absolute atomic E-state index is 0.104. The molecule has 2 N–H and O–H groups in total. The first-order valence-electron chi connectivity index (χ1n) is 10.3. The van der Waals surface area contributed by atoms with Crippen LogP contribution in [0.5, 0.6) is 5.75 Å². The quantitative estimate of drug-likeness (QED) is 0.640. The number of nitrogens with zero attached hydrogens (tertiary/aromatic N) is 1. The minimum Gasteiger partial charge on any atom is -0.479 e. The van der Waals surface area contributed by atoms with Crippen molar-refractivity contribution in [2.24, 2.45) is 5.92 Å². The molecule has 8 nitrogen and oxygen atoms in total. The number of ether oxygens (including phenoxy) is 1. The van der Waals surface area contributed by atoms with Gasteiger partial charge in [-0.2, -0.15) is 4.31 Å². The Morgan fingerprint density at radius 3 is 2.81 bits per heavy atom. The Labute approximate surface area is 195 Å². The molecule has 32 heavy (non-hydrogen) atoms. The fourth-order valence-electron chi connectivity index (χ4n) is 3.95. The van der Waals surface area contributed by atoms with Crippen LogP contribution in [0.25, 0.3) is 0 Å². The first kappa shape index (κ1) is 22.8. The Kier molecular flexibility index (Phi) is 6.28. The van der Waals surface area contributed by atoms with Gasteiger partial charge < -0.3 is 15.4 Å². The molecule has 2 amide bonds. The normalized spacial score (nSPS) is 21.3. The summed E-state index contributed by atoms with van der Waals surface area (Å²) in [6.45, 7) is 3.73. The molecule has 170 valence electrons. The highest BCUT2D eigenvalue weighted by molar-refractivity contribution is 9.10. The van der Waals surface area contributed by atoms with Crippen molar-refractivity contribution < 1.29 is 22.7 Å². The second-order valence-corrected chi connectivity index (χ2v) is 10.9. The number of hydrogen-bond donors (Lipinski definition) is 2. The summed E-state index contributed by atoms with van der Waals surface area (Å²) >= 11 is 3.38. The predicted molar refractivity (Wildman–Crippen MR) is 124 cm³/mol. The molecule has 0 aromatic heterocycles. The molecular formula is C22H24BrN3O5S. The summed E-state index contributed by atoms with van der Waals surface area (Å²) in [6.07, 6.45) is 0.493. The molecule has 1 fully saturated rings. The van der Waals surface area contributed by atoms with Crippen LogP contribution < -0.4 is 15.4 Å². The van der Waals surface area contributed by atoms with Crippen molar-refractivity contribution in [3.8, 4) is 5.75 Å². The van der Waals surface area contributed by atoms with Crippen molar-refractivity contribution in [3.05, 3.63) is 46.4 Å². The van der Waals surface area contributed by atoms with E-state index in [-0.39, 0.29) is 23.3 Å². The molecule has 4 rings (SSSR count). The predicted octanol–water partition coefficient (Wildman–Crippen LogP) is 3.52. The molecule has 0 saturated carbocycles. The number of benzene rings is 2. The van der Waals surface area contributed by atoms with Gasteiger partial charge in [0, 0.05) is 29.3 Å². The maximum absolute atomic E-state index is 13.5. The molecule has 0 bridgehead atoms. The molecule has 2 aromatic rings. The number of halogens is 1. The number of amides is 2. The highest BCUT2D eigenvalue weighted by Gasteiger charge is 2.35. The van der Waals surface area contributed by atoms with Gasteiger partial charge in [0.05, 0.1) is 16.5 Å². The lowest BCUT2D eigenvalue weighted by atomic mass is 9.99. The minimum atomic E-state index is -3.85. The Morgan fingerprint density at radius 2 is 2.06 bits per heavy atom. The smallest absolute Gasteiger partial charge is 0.265 e. The standard InChI is InChI=1S/C22H24BrN3O5S/c1-13-9-18-19(31-14(2)21(27)25-18)11-20(13)32(29,30)26-8-4-5-15(12-26)22(28)24-17-7-3-6-16(23)10-17/h3,6-7,9-11,14-15H,4-5,8,12H2,1-2H3,(H,24,28)(H,25,27). The highest BCUT2D eigenvalue weighted by Crippen LogP contribution is 2.36. The Morgan fingerprint density at radius 1 is 1.28 bits per heavy atom. The third-order valence-electron chi connectivity index (χ3n) is 5.67. The fourth-order valence-corrected chi connectivity index (χ4v) is 6.09. The SMILES string of the molecule is Cc1cc2c(cc1S(=O)(=O)N1CCCC(C(=O)Nc3cccc(Br)c3)C1)OC(C)C(=O)N2. The van der Waals surface area contributed by atoms with E-state index in [9.17, 15) is 18.0 Å². The van der Waals surface area contributed by atoms with Crippen molar-refractivity contribution in [1.29, 1.82) is 0 Å². The van der Waals surface area contributed by atoms with Crippen LogP contribution in [-0.4, -0.2) is 43.7 Å². The summed E-state index contributed by atoms with van der Waals surface area (Å²) in [5, 5.41) is 5.60. The topological polar surface area (TPSA) is 105 Å². The maximum Gasteiger partial charge on any atom is 0.265 e. The molecule has 1 saturated heterocycles. The summed E-state index contributed by atoms with van der Waals surface area (Å²) in [5.74, 6) is -0.610. The maximum atomic E-state index is 13.5. The second kappa shape index (κ2) is 8.84. The van der Waals surface area contributed by atoms with Crippen molar-refractivity contribution >= 4 is 49.1 Å². The van der Waals surface area contributed by atoms with E-state index in [0.29, 0.717) is 42.1 Å². The number of hydrogen-bond acceptors (Lipinski definition) is 5. The van der Waals surface area contributed by atoms with Gasteiger partial charge in [0.15, 0.2) is 6.10 Å². The monoisotopic (exact) mass is 521 g/mol. The Bertz CT molecular complexity index is 1180. The number of piperidine rings is 1. The van der Waals surface area contributed by atoms with Crippen LogP contribution in [-0.2, 0) is 19.6 Å². The van der Waals surface area contributed by atoms with E-state index in [1.54, 1.807) is 32.0 Å². The molecule has 10 heteroatoms. The van der Waals surface area contributed by atoms with Gasteiger partial charge >= 0.3 is 0 Å². The van der Waals surface area contributed by atoms with E-state index in [1.165, 1.54) is 10.4 Å². The fraction of sp³-hybridized carbons (Fsp3) is 0.364. The van der Waals surface area contributed by atoms with Gasteiger partial charge in [-0.1, -0.05) is 22.0 Å². The third kappa shape index (κ3) is 4.53. The molecule has 0 radical (unpaired) electrons. The van der Waals surface area contributed by atoms with Crippen LogP contribution in [0.15, 0.2) is 45.8 Å². The summed E-state index contributed by atoms with van der Waals surface area (Å²) in [4.78, 5) is 24.8. The number of carbonyl (C=O) groups is 2. The van der Waals surface area contributed by atoms with Crippen LogP contribution in [0.3, 0.4) is 0 Å². The Balaban J connectivity index is 1.54. The van der Waals surface area contributed by atoms with Crippen LogP contribution in [0.2, 0.25) is 0 Å². The van der Waals surface area contributed by atoms with E-state index in [4.69, 9.17) is 4.74 Å². The van der Waals surface area contributed by atoms with Crippen molar-refractivity contribution in [2.75, 3.05) is 23.7 Å². The molecule has 2 aliphatic rings. The Hall–Kier alpha value is -2.43. The molecule has 2 unspecified atom stereocenters. The molecule has 2 atom stereocenters.